The number of nitrogens with zero attached hydrogens (tertiary/aromatic N) is 1. The fraction of sp³-hybridized carbons (Fsp3) is 0.500. The van der Waals surface area contributed by atoms with Crippen molar-refractivity contribution in [1.82, 2.24) is 4.90 Å². The largest absolute Gasteiger partial charge is 0.335 e. The van der Waals surface area contributed by atoms with Gasteiger partial charge in [-0.05, 0) is 26.3 Å². The first-order valence-corrected chi connectivity index (χ1v) is 4.31. The summed E-state index contributed by atoms with van der Waals surface area (Å²) in [5.41, 5.74) is 1.39. The molecule has 0 atom stereocenters. The molecule has 0 bridgehead atoms. The highest BCUT2D eigenvalue weighted by Crippen LogP contribution is 2.09. The van der Waals surface area contributed by atoms with Crippen LogP contribution >= 0.6 is 0 Å². The van der Waals surface area contributed by atoms with E-state index in [4.69, 9.17) is 0 Å². The van der Waals surface area contributed by atoms with Crippen LogP contribution in [0.2, 0.25) is 0 Å². The number of carbonyl (C=O) groups is 1. The van der Waals surface area contributed by atoms with E-state index in [0.29, 0.717) is 0 Å². The summed E-state index contributed by atoms with van der Waals surface area (Å²) in [6.07, 6.45) is 6.54. The molecule has 66 valence electrons. The average molecular weight is 165 g/mol. The molecule has 2 nitrogen and oxygen atoms in total. The van der Waals surface area contributed by atoms with E-state index >= 15 is 0 Å². The average Bonchev–Trinajstić information content (AvgIpc) is 2.06. The Morgan fingerprint density at radius 1 is 1.67 bits per heavy atom. The van der Waals surface area contributed by atoms with Gasteiger partial charge >= 0.3 is 0 Å². The number of amides is 1. The minimum absolute atomic E-state index is 0.126. The summed E-state index contributed by atoms with van der Waals surface area (Å²) in [6.45, 7) is 5.61. The van der Waals surface area contributed by atoms with Crippen molar-refractivity contribution in [3.63, 3.8) is 0 Å². The summed E-state index contributed by atoms with van der Waals surface area (Å²) < 4.78 is 0. The Balaban J connectivity index is 2.51. The van der Waals surface area contributed by atoms with Gasteiger partial charge in [0, 0.05) is 13.1 Å². The van der Waals surface area contributed by atoms with Crippen LogP contribution in [0.5, 0.6) is 0 Å². The highest BCUT2D eigenvalue weighted by atomic mass is 16.2. The van der Waals surface area contributed by atoms with Crippen LogP contribution in [0.1, 0.15) is 20.3 Å². The second kappa shape index (κ2) is 4.10. The third-order valence-corrected chi connectivity index (χ3v) is 2.06. The van der Waals surface area contributed by atoms with Crippen molar-refractivity contribution in [3.8, 4) is 0 Å². The molecule has 1 amide bonds. The molecule has 0 fully saturated rings. The van der Waals surface area contributed by atoms with E-state index in [9.17, 15) is 4.79 Å². The summed E-state index contributed by atoms with van der Waals surface area (Å²) in [4.78, 5) is 13.2. The van der Waals surface area contributed by atoms with Gasteiger partial charge in [-0.25, -0.2) is 0 Å². The van der Waals surface area contributed by atoms with Crippen molar-refractivity contribution in [1.29, 1.82) is 0 Å². The molecule has 1 heterocycles. The molecule has 0 saturated carbocycles. The molecule has 0 radical (unpaired) electrons. The summed E-state index contributed by atoms with van der Waals surface area (Å²) in [7, 11) is 0. The van der Waals surface area contributed by atoms with Gasteiger partial charge in [0.15, 0.2) is 0 Å². The van der Waals surface area contributed by atoms with E-state index in [2.05, 4.69) is 13.0 Å². The Bertz CT molecular complexity index is 228. The van der Waals surface area contributed by atoms with Crippen molar-refractivity contribution in [2.45, 2.75) is 20.3 Å². The molecule has 0 saturated heterocycles. The van der Waals surface area contributed by atoms with Gasteiger partial charge in [-0.1, -0.05) is 17.7 Å². The zero-order valence-corrected chi connectivity index (χ0v) is 7.71. The first-order chi connectivity index (χ1) is 5.74. The molecule has 0 unspecified atom stereocenters. The standard InChI is InChI=1S/C10H15NO/c1-3-4-10(12)11-7-5-9(2)6-8-11/h3-5H,6-8H2,1-2H3/b4-3+. The topological polar surface area (TPSA) is 20.3 Å². The molecular weight excluding hydrogens is 150 g/mol. The molecular formula is C10H15NO. The third kappa shape index (κ3) is 2.22. The van der Waals surface area contributed by atoms with E-state index in [1.54, 1.807) is 12.2 Å². The van der Waals surface area contributed by atoms with Gasteiger partial charge in [0.25, 0.3) is 0 Å². The Morgan fingerprint density at radius 3 is 2.92 bits per heavy atom. The maximum atomic E-state index is 11.3. The molecule has 0 aromatic carbocycles. The van der Waals surface area contributed by atoms with E-state index in [1.807, 2.05) is 11.8 Å². The lowest BCUT2D eigenvalue weighted by Gasteiger charge is -2.24. The van der Waals surface area contributed by atoms with Crippen LogP contribution in [0.25, 0.3) is 0 Å². The lowest BCUT2D eigenvalue weighted by molar-refractivity contribution is -0.125. The minimum atomic E-state index is 0.126. The zero-order valence-electron chi connectivity index (χ0n) is 7.71. The highest BCUT2D eigenvalue weighted by Gasteiger charge is 2.12. The summed E-state index contributed by atoms with van der Waals surface area (Å²) in [5, 5.41) is 0. The Morgan fingerprint density at radius 2 is 2.42 bits per heavy atom. The summed E-state index contributed by atoms with van der Waals surface area (Å²) in [6, 6.07) is 0. The predicted molar refractivity (Wildman–Crippen MR) is 49.8 cm³/mol. The number of rotatable bonds is 1. The maximum Gasteiger partial charge on any atom is 0.246 e. The van der Waals surface area contributed by atoms with Gasteiger partial charge in [-0.2, -0.15) is 0 Å². The van der Waals surface area contributed by atoms with Crippen molar-refractivity contribution in [2.75, 3.05) is 13.1 Å². The second-order valence-electron chi connectivity index (χ2n) is 3.08. The Hall–Kier alpha value is -1.05. The van der Waals surface area contributed by atoms with Crippen LogP contribution in [0, 0.1) is 0 Å². The summed E-state index contributed by atoms with van der Waals surface area (Å²) in [5.74, 6) is 0.126. The van der Waals surface area contributed by atoms with Crippen LogP contribution < -0.4 is 0 Å². The quantitative estimate of drug-likeness (QED) is 0.428. The van der Waals surface area contributed by atoms with E-state index in [0.717, 1.165) is 19.5 Å². The third-order valence-electron chi connectivity index (χ3n) is 2.06. The number of allylic oxidation sites excluding steroid dienone is 1. The van der Waals surface area contributed by atoms with E-state index in [1.165, 1.54) is 5.57 Å². The number of hydrogen-bond donors (Lipinski definition) is 0. The Labute approximate surface area is 73.6 Å². The SMILES string of the molecule is C/C=C/C(=O)N1CC=C(C)CC1. The minimum Gasteiger partial charge on any atom is -0.335 e. The molecule has 12 heavy (non-hydrogen) atoms. The van der Waals surface area contributed by atoms with Gasteiger partial charge in [0.05, 0.1) is 0 Å². The lowest BCUT2D eigenvalue weighted by atomic mass is 10.1. The van der Waals surface area contributed by atoms with Crippen molar-refractivity contribution >= 4 is 5.91 Å². The Kier molecular flexibility index (Phi) is 3.09. The molecule has 0 aromatic heterocycles. The van der Waals surface area contributed by atoms with Gasteiger partial charge in [-0.15, -0.1) is 0 Å². The van der Waals surface area contributed by atoms with E-state index in [-0.39, 0.29) is 5.91 Å². The van der Waals surface area contributed by atoms with Crippen molar-refractivity contribution in [2.24, 2.45) is 0 Å². The smallest absolute Gasteiger partial charge is 0.246 e. The van der Waals surface area contributed by atoms with Gasteiger partial charge in [0.2, 0.25) is 5.91 Å². The zero-order chi connectivity index (χ0) is 8.97. The first kappa shape index (κ1) is 9.04. The highest BCUT2D eigenvalue weighted by molar-refractivity contribution is 5.87. The predicted octanol–water partition coefficient (Wildman–Crippen LogP) is 1.74. The molecule has 2 heteroatoms. The second-order valence-corrected chi connectivity index (χ2v) is 3.08. The van der Waals surface area contributed by atoms with Crippen molar-refractivity contribution < 1.29 is 4.79 Å². The molecule has 0 N–H and O–H groups in total. The van der Waals surface area contributed by atoms with E-state index < -0.39 is 0 Å². The normalized spacial score (nSPS) is 18.2. The van der Waals surface area contributed by atoms with Gasteiger partial charge in [0.1, 0.15) is 0 Å². The molecule has 0 aliphatic carbocycles. The monoisotopic (exact) mass is 165 g/mol. The van der Waals surface area contributed by atoms with Gasteiger partial charge in [-0.3, -0.25) is 4.79 Å². The summed E-state index contributed by atoms with van der Waals surface area (Å²) >= 11 is 0. The van der Waals surface area contributed by atoms with Gasteiger partial charge < -0.3 is 4.90 Å². The maximum absolute atomic E-state index is 11.3. The van der Waals surface area contributed by atoms with Crippen LogP contribution in [0.15, 0.2) is 23.8 Å². The molecule has 0 spiro atoms. The molecule has 0 aromatic rings. The fourth-order valence-electron chi connectivity index (χ4n) is 1.22. The van der Waals surface area contributed by atoms with Crippen LogP contribution in [-0.2, 0) is 4.79 Å². The van der Waals surface area contributed by atoms with Crippen LogP contribution in [0.3, 0.4) is 0 Å². The lowest BCUT2D eigenvalue weighted by Crippen LogP contribution is -2.33. The van der Waals surface area contributed by atoms with Crippen LogP contribution in [0.4, 0.5) is 0 Å². The number of hydrogen-bond acceptors (Lipinski definition) is 1. The van der Waals surface area contributed by atoms with Crippen molar-refractivity contribution in [3.05, 3.63) is 23.8 Å². The molecule has 1 rings (SSSR count). The fourth-order valence-corrected chi connectivity index (χ4v) is 1.22. The number of carbonyl (C=O) groups excluding carboxylic acids is 1. The first-order valence-electron chi connectivity index (χ1n) is 4.31. The van der Waals surface area contributed by atoms with Crippen LogP contribution in [-0.4, -0.2) is 23.9 Å². The molecule has 1 aliphatic heterocycles. The molecule has 1 aliphatic rings.